The van der Waals surface area contributed by atoms with Gasteiger partial charge in [-0.05, 0) is 23.3 Å². The summed E-state index contributed by atoms with van der Waals surface area (Å²) in [5, 5.41) is 3.93. The molecule has 0 atom stereocenters. The summed E-state index contributed by atoms with van der Waals surface area (Å²) in [6.07, 6.45) is 1.49. The van der Waals surface area contributed by atoms with E-state index in [1.54, 1.807) is 30.3 Å². The minimum Gasteiger partial charge on any atom is -0.497 e. The highest BCUT2D eigenvalue weighted by molar-refractivity contribution is 7.89. The summed E-state index contributed by atoms with van der Waals surface area (Å²) in [6.45, 7) is -0.455. The number of nitrogens with zero attached hydrogens (tertiary/aromatic N) is 2. The van der Waals surface area contributed by atoms with E-state index in [2.05, 4.69) is 10.5 Å². The number of benzene rings is 3. The fourth-order valence-electron chi connectivity index (χ4n) is 3.05. The summed E-state index contributed by atoms with van der Waals surface area (Å²) in [6, 6.07) is 22.7. The number of rotatable bonds is 10. The Labute approximate surface area is 193 Å². The van der Waals surface area contributed by atoms with Gasteiger partial charge in [-0.25, -0.2) is 13.8 Å². The summed E-state index contributed by atoms with van der Waals surface area (Å²) < 4.78 is 38.7. The van der Waals surface area contributed by atoms with Gasteiger partial charge in [-0.1, -0.05) is 60.7 Å². The molecule has 0 spiro atoms. The zero-order valence-electron chi connectivity index (χ0n) is 18.3. The van der Waals surface area contributed by atoms with Crippen molar-refractivity contribution in [2.45, 2.75) is 11.4 Å². The van der Waals surface area contributed by atoms with Crippen molar-refractivity contribution in [1.82, 2.24) is 9.73 Å². The van der Waals surface area contributed by atoms with Crippen molar-refractivity contribution in [1.29, 1.82) is 0 Å². The van der Waals surface area contributed by atoms with Gasteiger partial charge in [0.05, 0.1) is 27.0 Å². The van der Waals surface area contributed by atoms with Gasteiger partial charge in [0.25, 0.3) is 5.91 Å². The number of hydrazone groups is 1. The number of nitrogens with one attached hydrogen (secondary N) is 1. The quantitative estimate of drug-likeness (QED) is 0.365. The predicted molar refractivity (Wildman–Crippen MR) is 126 cm³/mol. The molecule has 3 rings (SSSR count). The van der Waals surface area contributed by atoms with Gasteiger partial charge in [0.2, 0.25) is 10.0 Å². The highest BCUT2D eigenvalue weighted by Gasteiger charge is 2.30. The van der Waals surface area contributed by atoms with Gasteiger partial charge in [-0.3, -0.25) is 4.79 Å². The van der Waals surface area contributed by atoms with Gasteiger partial charge in [-0.2, -0.15) is 9.41 Å². The van der Waals surface area contributed by atoms with Crippen molar-refractivity contribution in [2.24, 2.45) is 5.10 Å². The molecule has 1 N–H and O–H groups in total. The maximum absolute atomic E-state index is 13.6. The van der Waals surface area contributed by atoms with E-state index in [4.69, 9.17) is 9.47 Å². The molecule has 3 aromatic rings. The van der Waals surface area contributed by atoms with Gasteiger partial charge >= 0.3 is 0 Å². The molecule has 3 aromatic carbocycles. The van der Waals surface area contributed by atoms with Gasteiger partial charge in [0.1, 0.15) is 16.4 Å². The Bertz CT molecular complexity index is 1200. The van der Waals surface area contributed by atoms with Crippen LogP contribution in [0.2, 0.25) is 0 Å². The molecule has 0 fully saturated rings. The maximum atomic E-state index is 13.6. The lowest BCUT2D eigenvalue weighted by molar-refractivity contribution is -0.121. The van der Waals surface area contributed by atoms with Gasteiger partial charge in [0, 0.05) is 12.6 Å². The zero-order valence-corrected chi connectivity index (χ0v) is 19.2. The summed E-state index contributed by atoms with van der Waals surface area (Å²) in [7, 11) is -1.31. The first-order valence-electron chi connectivity index (χ1n) is 10.1. The van der Waals surface area contributed by atoms with Crippen LogP contribution in [0.15, 0.2) is 88.9 Å². The van der Waals surface area contributed by atoms with E-state index >= 15 is 0 Å². The Hall–Kier alpha value is -3.69. The van der Waals surface area contributed by atoms with Gasteiger partial charge in [-0.15, -0.1) is 0 Å². The van der Waals surface area contributed by atoms with Crippen LogP contribution in [0.25, 0.3) is 0 Å². The minimum absolute atomic E-state index is 0.0145. The average Bonchev–Trinajstić information content (AvgIpc) is 2.84. The Morgan fingerprint density at radius 2 is 1.64 bits per heavy atom. The third-order valence-corrected chi connectivity index (χ3v) is 6.53. The Kier molecular flexibility index (Phi) is 8.17. The summed E-state index contributed by atoms with van der Waals surface area (Å²) in [4.78, 5) is 12.5. The predicted octanol–water partition coefficient (Wildman–Crippen LogP) is 3.05. The van der Waals surface area contributed by atoms with Crippen LogP contribution in [0.5, 0.6) is 11.5 Å². The van der Waals surface area contributed by atoms with Crippen LogP contribution in [0.3, 0.4) is 0 Å². The van der Waals surface area contributed by atoms with E-state index in [-0.39, 0.29) is 17.2 Å². The molecule has 0 bridgehead atoms. The van der Waals surface area contributed by atoms with Crippen molar-refractivity contribution < 1.29 is 22.7 Å². The van der Waals surface area contributed by atoms with Crippen LogP contribution in [-0.4, -0.2) is 45.6 Å². The number of sulfonamides is 1. The van der Waals surface area contributed by atoms with Crippen LogP contribution < -0.4 is 14.9 Å². The number of hydrogen-bond donors (Lipinski definition) is 1. The first-order valence-corrected chi connectivity index (χ1v) is 11.5. The first-order chi connectivity index (χ1) is 15.9. The van der Waals surface area contributed by atoms with Crippen LogP contribution in [0.1, 0.15) is 11.1 Å². The fourth-order valence-corrected chi connectivity index (χ4v) is 4.61. The molecule has 33 heavy (non-hydrogen) atoms. The zero-order chi connectivity index (χ0) is 23.7. The van der Waals surface area contributed by atoms with Crippen molar-refractivity contribution >= 4 is 22.1 Å². The van der Waals surface area contributed by atoms with E-state index in [1.165, 1.54) is 32.6 Å². The molecule has 8 nitrogen and oxygen atoms in total. The fraction of sp³-hybridized carbons (Fsp3) is 0.167. The number of ether oxygens (including phenoxy) is 2. The number of methoxy groups -OCH3 is 2. The van der Waals surface area contributed by atoms with Gasteiger partial charge in [0.15, 0.2) is 0 Å². The summed E-state index contributed by atoms with van der Waals surface area (Å²) in [5.74, 6) is -0.0779. The molecule has 0 aromatic heterocycles. The second-order valence-corrected chi connectivity index (χ2v) is 8.89. The molecule has 1 amide bonds. The molecule has 0 heterocycles. The second kappa shape index (κ2) is 11.3. The average molecular weight is 468 g/mol. The SMILES string of the molecule is COc1ccc(OC)c(S(=O)(=O)N(CC(=O)NN=Cc2ccccc2)Cc2ccccc2)c1. The van der Waals surface area contributed by atoms with Crippen molar-refractivity contribution in [2.75, 3.05) is 20.8 Å². The second-order valence-electron chi connectivity index (χ2n) is 6.98. The summed E-state index contributed by atoms with van der Waals surface area (Å²) in [5.41, 5.74) is 3.91. The Morgan fingerprint density at radius 3 is 2.27 bits per heavy atom. The maximum Gasteiger partial charge on any atom is 0.255 e. The third kappa shape index (κ3) is 6.41. The lowest BCUT2D eigenvalue weighted by Gasteiger charge is -2.23. The lowest BCUT2D eigenvalue weighted by Crippen LogP contribution is -2.39. The number of hydrogen-bond acceptors (Lipinski definition) is 6. The topological polar surface area (TPSA) is 97.3 Å². The first kappa shape index (κ1) is 24.0. The normalized spacial score (nSPS) is 11.5. The smallest absolute Gasteiger partial charge is 0.255 e. The van der Waals surface area contributed by atoms with Crippen LogP contribution in [0, 0.1) is 0 Å². The molecular weight excluding hydrogens is 442 g/mol. The molecule has 0 unspecified atom stereocenters. The van der Waals surface area contributed by atoms with Gasteiger partial charge < -0.3 is 9.47 Å². The Balaban J connectivity index is 1.87. The molecule has 0 saturated carbocycles. The van der Waals surface area contributed by atoms with E-state index < -0.39 is 22.5 Å². The largest absolute Gasteiger partial charge is 0.497 e. The molecule has 0 aliphatic carbocycles. The third-order valence-electron chi connectivity index (χ3n) is 4.71. The Morgan fingerprint density at radius 1 is 0.970 bits per heavy atom. The minimum atomic E-state index is -4.13. The molecular formula is C24H25N3O5S. The molecule has 0 saturated heterocycles. The van der Waals surface area contributed by atoms with E-state index in [9.17, 15) is 13.2 Å². The highest BCUT2D eigenvalue weighted by Crippen LogP contribution is 2.31. The number of carbonyl (C=O) groups excluding carboxylic acids is 1. The van der Waals surface area contributed by atoms with E-state index in [0.29, 0.717) is 5.75 Å². The van der Waals surface area contributed by atoms with Crippen LogP contribution in [-0.2, 0) is 21.4 Å². The van der Waals surface area contributed by atoms with E-state index in [1.807, 2.05) is 36.4 Å². The number of amides is 1. The lowest BCUT2D eigenvalue weighted by atomic mass is 10.2. The molecule has 0 aliphatic heterocycles. The molecule has 0 aliphatic rings. The van der Waals surface area contributed by atoms with Crippen LogP contribution in [0.4, 0.5) is 0 Å². The number of carbonyl (C=O) groups is 1. The monoisotopic (exact) mass is 467 g/mol. The van der Waals surface area contributed by atoms with Crippen molar-refractivity contribution in [3.05, 3.63) is 90.0 Å². The highest BCUT2D eigenvalue weighted by atomic mass is 32.2. The standard InChI is InChI=1S/C24H25N3O5S/c1-31-21-13-14-22(32-2)23(15-21)33(29,30)27(17-20-11-7-4-8-12-20)18-24(28)26-25-16-19-9-5-3-6-10-19/h3-16H,17-18H2,1-2H3,(H,26,28). The molecule has 172 valence electrons. The van der Waals surface area contributed by atoms with Crippen LogP contribution >= 0.6 is 0 Å². The molecule has 0 radical (unpaired) electrons. The molecule has 9 heteroatoms. The van der Waals surface area contributed by atoms with Crippen molar-refractivity contribution in [3.8, 4) is 11.5 Å². The van der Waals surface area contributed by atoms with E-state index in [0.717, 1.165) is 15.4 Å². The summed E-state index contributed by atoms with van der Waals surface area (Å²) >= 11 is 0. The van der Waals surface area contributed by atoms with Crippen molar-refractivity contribution in [3.63, 3.8) is 0 Å².